The number of allylic oxidation sites excluding steroid dienone is 1. The normalized spacial score (nSPS) is 21.8. The lowest BCUT2D eigenvalue weighted by Gasteiger charge is -2.29. The highest BCUT2D eigenvalue weighted by Gasteiger charge is 2.21. The molecule has 0 radical (unpaired) electrons. The first kappa shape index (κ1) is 16.7. The van der Waals surface area contributed by atoms with Crippen molar-refractivity contribution in [1.29, 1.82) is 5.26 Å². The standard InChI is InChI=1S/C20H26FN/c21-15-5-3-1-2-4-6-17-7-11-19(12-8-17)20-13-9-18(16-22)10-14-20/h5,9-10,13-15,17,19H,1-4,6-8,11-12H2/b15-5+/t17-,19-. The Kier molecular flexibility index (Phi) is 7.16. The van der Waals surface area contributed by atoms with E-state index in [0.29, 0.717) is 12.2 Å². The third-order valence-electron chi connectivity index (χ3n) is 4.93. The van der Waals surface area contributed by atoms with Crippen molar-refractivity contribution >= 4 is 0 Å². The summed E-state index contributed by atoms with van der Waals surface area (Å²) in [4.78, 5) is 0. The van der Waals surface area contributed by atoms with Crippen LogP contribution in [0.2, 0.25) is 0 Å². The van der Waals surface area contributed by atoms with Crippen molar-refractivity contribution < 1.29 is 4.39 Å². The maximum atomic E-state index is 11.8. The van der Waals surface area contributed by atoms with Gasteiger partial charge in [0.1, 0.15) is 0 Å². The van der Waals surface area contributed by atoms with Crippen LogP contribution in [0.25, 0.3) is 0 Å². The second kappa shape index (κ2) is 9.41. The number of benzene rings is 1. The van der Waals surface area contributed by atoms with Gasteiger partial charge >= 0.3 is 0 Å². The van der Waals surface area contributed by atoms with Gasteiger partial charge in [-0.15, -0.1) is 0 Å². The van der Waals surface area contributed by atoms with Crippen LogP contribution in [0.1, 0.15) is 74.8 Å². The fraction of sp³-hybridized carbons (Fsp3) is 0.550. The van der Waals surface area contributed by atoms with Crippen molar-refractivity contribution in [2.75, 3.05) is 0 Å². The molecule has 118 valence electrons. The van der Waals surface area contributed by atoms with Crippen LogP contribution in [-0.4, -0.2) is 0 Å². The molecule has 0 spiro atoms. The molecule has 0 unspecified atom stereocenters. The average Bonchev–Trinajstić information content (AvgIpc) is 2.59. The van der Waals surface area contributed by atoms with Crippen molar-refractivity contribution in [3.63, 3.8) is 0 Å². The molecule has 2 heteroatoms. The van der Waals surface area contributed by atoms with E-state index in [1.165, 1.54) is 50.5 Å². The zero-order valence-electron chi connectivity index (χ0n) is 13.3. The van der Waals surface area contributed by atoms with E-state index < -0.39 is 0 Å². The monoisotopic (exact) mass is 299 g/mol. The zero-order valence-corrected chi connectivity index (χ0v) is 13.3. The van der Waals surface area contributed by atoms with Gasteiger partial charge in [-0.05, 0) is 68.1 Å². The summed E-state index contributed by atoms with van der Waals surface area (Å²) in [5.41, 5.74) is 2.15. The first-order chi connectivity index (χ1) is 10.8. The van der Waals surface area contributed by atoms with Crippen molar-refractivity contribution in [3.05, 3.63) is 47.8 Å². The molecule has 1 aliphatic carbocycles. The minimum atomic E-state index is 0.657. The molecule has 1 nitrogen and oxygen atoms in total. The van der Waals surface area contributed by atoms with E-state index in [2.05, 4.69) is 18.2 Å². The highest BCUT2D eigenvalue weighted by molar-refractivity contribution is 5.33. The molecule has 0 atom stereocenters. The number of unbranched alkanes of at least 4 members (excludes halogenated alkanes) is 3. The molecule has 0 amide bonds. The van der Waals surface area contributed by atoms with E-state index in [-0.39, 0.29) is 0 Å². The second-order valence-corrected chi connectivity index (χ2v) is 6.45. The molecule has 1 saturated carbocycles. The first-order valence-electron chi connectivity index (χ1n) is 8.58. The van der Waals surface area contributed by atoms with E-state index in [1.807, 2.05) is 12.1 Å². The largest absolute Gasteiger partial charge is 0.216 e. The van der Waals surface area contributed by atoms with Crippen LogP contribution in [0.3, 0.4) is 0 Å². The number of rotatable bonds is 7. The van der Waals surface area contributed by atoms with Crippen LogP contribution in [0, 0.1) is 17.2 Å². The molecule has 1 aromatic carbocycles. The van der Waals surface area contributed by atoms with Gasteiger partial charge in [-0.3, -0.25) is 0 Å². The molecule has 0 saturated heterocycles. The lowest BCUT2D eigenvalue weighted by molar-refractivity contribution is 0.302. The van der Waals surface area contributed by atoms with Crippen molar-refractivity contribution in [3.8, 4) is 6.07 Å². The molecular weight excluding hydrogens is 273 g/mol. The summed E-state index contributed by atoms with van der Waals surface area (Å²) >= 11 is 0. The van der Waals surface area contributed by atoms with Gasteiger partial charge in [-0.2, -0.15) is 5.26 Å². The predicted molar refractivity (Wildman–Crippen MR) is 89.2 cm³/mol. The molecule has 1 aromatic rings. The Balaban J connectivity index is 1.66. The lowest BCUT2D eigenvalue weighted by Crippen LogP contribution is -2.13. The Morgan fingerprint density at radius 3 is 2.41 bits per heavy atom. The fourth-order valence-electron chi connectivity index (χ4n) is 3.55. The van der Waals surface area contributed by atoms with Gasteiger partial charge in [0.15, 0.2) is 0 Å². The molecule has 0 aromatic heterocycles. The van der Waals surface area contributed by atoms with Crippen LogP contribution in [-0.2, 0) is 0 Å². The number of hydrogen-bond donors (Lipinski definition) is 0. The summed E-state index contributed by atoms with van der Waals surface area (Å²) in [6.07, 6.45) is 13.3. The summed E-state index contributed by atoms with van der Waals surface area (Å²) in [5.74, 6) is 1.56. The second-order valence-electron chi connectivity index (χ2n) is 6.45. The van der Waals surface area contributed by atoms with Gasteiger partial charge in [0, 0.05) is 0 Å². The highest BCUT2D eigenvalue weighted by atomic mass is 19.1. The summed E-state index contributed by atoms with van der Waals surface area (Å²) in [5, 5.41) is 8.85. The van der Waals surface area contributed by atoms with Gasteiger partial charge in [-0.1, -0.05) is 37.5 Å². The molecule has 1 fully saturated rings. The van der Waals surface area contributed by atoms with Gasteiger partial charge < -0.3 is 0 Å². The molecule has 1 aliphatic rings. The van der Waals surface area contributed by atoms with Crippen molar-refractivity contribution in [1.82, 2.24) is 0 Å². The van der Waals surface area contributed by atoms with Crippen molar-refractivity contribution in [2.24, 2.45) is 5.92 Å². The predicted octanol–water partition coefficient (Wildman–Crippen LogP) is 6.27. The molecule has 22 heavy (non-hydrogen) atoms. The Bertz CT molecular complexity index is 489. The Labute approximate surface area is 133 Å². The minimum Gasteiger partial charge on any atom is -0.216 e. The fourth-order valence-corrected chi connectivity index (χ4v) is 3.55. The van der Waals surface area contributed by atoms with Crippen LogP contribution < -0.4 is 0 Å². The molecular formula is C20H26FN. The molecule has 0 aliphatic heterocycles. The highest BCUT2D eigenvalue weighted by Crippen LogP contribution is 2.37. The van der Waals surface area contributed by atoms with Crippen LogP contribution in [0.5, 0.6) is 0 Å². The molecule has 0 heterocycles. The minimum absolute atomic E-state index is 0.657. The van der Waals surface area contributed by atoms with E-state index in [4.69, 9.17) is 5.26 Å². The Morgan fingerprint density at radius 1 is 1.05 bits per heavy atom. The van der Waals surface area contributed by atoms with Crippen LogP contribution in [0.4, 0.5) is 4.39 Å². The third-order valence-corrected chi connectivity index (χ3v) is 4.93. The topological polar surface area (TPSA) is 23.8 Å². The summed E-state index contributed by atoms with van der Waals surface area (Å²) in [7, 11) is 0. The number of hydrogen-bond acceptors (Lipinski definition) is 1. The van der Waals surface area contributed by atoms with Gasteiger partial charge in [0.05, 0.1) is 18.0 Å². The van der Waals surface area contributed by atoms with Crippen LogP contribution in [0.15, 0.2) is 36.7 Å². The Hall–Kier alpha value is -1.62. The SMILES string of the molecule is N#Cc1ccc([C@H]2CC[C@H](CCCCC/C=C/F)CC2)cc1. The van der Waals surface area contributed by atoms with Gasteiger partial charge in [0.2, 0.25) is 0 Å². The smallest absolute Gasteiger partial charge is 0.0991 e. The van der Waals surface area contributed by atoms with Gasteiger partial charge in [-0.25, -0.2) is 4.39 Å². The quantitative estimate of drug-likeness (QED) is 0.545. The number of nitrogens with zero attached hydrogens (tertiary/aromatic N) is 1. The van der Waals surface area contributed by atoms with Gasteiger partial charge in [0.25, 0.3) is 0 Å². The molecule has 0 bridgehead atoms. The van der Waals surface area contributed by atoms with E-state index in [0.717, 1.165) is 24.3 Å². The maximum Gasteiger partial charge on any atom is 0.0991 e. The number of halogens is 1. The van der Waals surface area contributed by atoms with E-state index >= 15 is 0 Å². The first-order valence-corrected chi connectivity index (χ1v) is 8.58. The summed E-state index contributed by atoms with van der Waals surface area (Å²) in [6.45, 7) is 0. The van der Waals surface area contributed by atoms with E-state index in [1.54, 1.807) is 6.08 Å². The lowest BCUT2D eigenvalue weighted by atomic mass is 9.77. The van der Waals surface area contributed by atoms with E-state index in [9.17, 15) is 4.39 Å². The summed E-state index contributed by atoms with van der Waals surface area (Å²) < 4.78 is 11.8. The average molecular weight is 299 g/mol. The molecule has 0 N–H and O–H groups in total. The number of nitriles is 1. The molecule has 2 rings (SSSR count). The van der Waals surface area contributed by atoms with Crippen molar-refractivity contribution in [2.45, 2.75) is 63.7 Å². The third kappa shape index (κ3) is 5.30. The van der Waals surface area contributed by atoms with Crippen LogP contribution >= 0.6 is 0 Å². The Morgan fingerprint density at radius 2 is 1.77 bits per heavy atom. The zero-order chi connectivity index (χ0) is 15.6. The summed E-state index contributed by atoms with van der Waals surface area (Å²) in [6, 6.07) is 10.3. The maximum absolute atomic E-state index is 11.8.